The Kier molecular flexibility index (Phi) is 3.67. The van der Waals surface area contributed by atoms with Gasteiger partial charge in [0, 0.05) is 12.3 Å². The summed E-state index contributed by atoms with van der Waals surface area (Å²) in [6.45, 7) is 6.29. The number of rotatable bonds is 3. The lowest BCUT2D eigenvalue weighted by Gasteiger charge is -2.09. The minimum absolute atomic E-state index is 0.0901. The van der Waals surface area contributed by atoms with Crippen molar-refractivity contribution in [3.8, 4) is 5.75 Å². The molecule has 3 rings (SSSR count). The van der Waals surface area contributed by atoms with Crippen LogP contribution in [0.25, 0.3) is 5.65 Å². The Balaban J connectivity index is 1.88. The maximum Gasteiger partial charge on any atom is 0.258 e. The molecule has 112 valence electrons. The summed E-state index contributed by atoms with van der Waals surface area (Å²) in [6, 6.07) is 11.4. The largest absolute Gasteiger partial charge is 0.487 e. The number of pyridine rings is 1. The third-order valence-corrected chi connectivity index (χ3v) is 3.44. The molecule has 0 spiro atoms. The fourth-order valence-corrected chi connectivity index (χ4v) is 2.51. The van der Waals surface area contributed by atoms with E-state index in [4.69, 9.17) is 4.74 Å². The zero-order chi connectivity index (χ0) is 15.7. The van der Waals surface area contributed by atoms with Gasteiger partial charge in [-0.3, -0.25) is 9.20 Å². The van der Waals surface area contributed by atoms with Gasteiger partial charge in [0.25, 0.3) is 5.56 Å². The number of hydrogen-bond donors (Lipinski definition) is 0. The monoisotopic (exact) mass is 294 g/mol. The fourth-order valence-electron chi connectivity index (χ4n) is 2.51. The quantitative estimate of drug-likeness (QED) is 0.745. The summed E-state index contributed by atoms with van der Waals surface area (Å²) < 4.78 is 7.32. The van der Waals surface area contributed by atoms with Crippen molar-refractivity contribution in [1.29, 1.82) is 0 Å². The minimum Gasteiger partial charge on any atom is -0.487 e. The molecule has 0 aliphatic rings. The minimum atomic E-state index is -0.0901. The van der Waals surface area contributed by atoms with Gasteiger partial charge >= 0.3 is 0 Å². The molecule has 4 heteroatoms. The molecule has 2 aromatic heterocycles. The van der Waals surface area contributed by atoms with Gasteiger partial charge in [0.05, 0.1) is 5.69 Å². The molecule has 3 aromatic rings. The summed E-state index contributed by atoms with van der Waals surface area (Å²) in [4.78, 5) is 16.6. The van der Waals surface area contributed by atoms with E-state index in [1.165, 1.54) is 6.07 Å². The first-order chi connectivity index (χ1) is 10.5. The van der Waals surface area contributed by atoms with Crippen molar-refractivity contribution < 1.29 is 4.74 Å². The van der Waals surface area contributed by atoms with Crippen LogP contribution in [0.5, 0.6) is 5.75 Å². The summed E-state index contributed by atoms with van der Waals surface area (Å²) in [5.74, 6) is 0.795. The number of fused-ring (bicyclic) bond motifs is 1. The smallest absolute Gasteiger partial charge is 0.258 e. The van der Waals surface area contributed by atoms with Gasteiger partial charge in [-0.2, -0.15) is 0 Å². The van der Waals surface area contributed by atoms with Crippen LogP contribution in [0.3, 0.4) is 0 Å². The molecule has 0 atom stereocenters. The first kappa shape index (κ1) is 14.3. The molecule has 0 saturated carbocycles. The van der Waals surface area contributed by atoms with Crippen LogP contribution in [0.15, 0.2) is 47.4 Å². The summed E-state index contributed by atoms with van der Waals surface area (Å²) in [7, 11) is 0. The molecule has 1 aromatic carbocycles. The predicted molar refractivity (Wildman–Crippen MR) is 86.4 cm³/mol. The van der Waals surface area contributed by atoms with Crippen molar-refractivity contribution in [2.45, 2.75) is 27.4 Å². The highest BCUT2D eigenvalue weighted by Crippen LogP contribution is 2.17. The number of nitrogens with zero attached hydrogens (tertiary/aromatic N) is 2. The van der Waals surface area contributed by atoms with Crippen LogP contribution in [0, 0.1) is 20.8 Å². The average molecular weight is 294 g/mol. The Labute approximate surface area is 129 Å². The van der Waals surface area contributed by atoms with Crippen LogP contribution in [0.1, 0.15) is 22.4 Å². The SMILES string of the molecule is Cc1cc(C)cc(OCc2cc(=O)n3cc(C)ccc3n2)c1. The van der Waals surface area contributed by atoms with Crippen LogP contribution in [-0.4, -0.2) is 9.38 Å². The third kappa shape index (κ3) is 3.01. The number of aromatic nitrogens is 2. The number of benzene rings is 1. The van der Waals surface area contributed by atoms with Crippen LogP contribution < -0.4 is 10.3 Å². The summed E-state index contributed by atoms with van der Waals surface area (Å²) >= 11 is 0. The Hall–Kier alpha value is -2.62. The van der Waals surface area contributed by atoms with Crippen LogP contribution in [-0.2, 0) is 6.61 Å². The molecule has 0 N–H and O–H groups in total. The Bertz CT molecular complexity index is 877. The Morgan fingerprint density at radius 2 is 1.73 bits per heavy atom. The number of hydrogen-bond acceptors (Lipinski definition) is 3. The van der Waals surface area contributed by atoms with Crippen molar-refractivity contribution >= 4 is 5.65 Å². The average Bonchev–Trinajstić information content (AvgIpc) is 2.45. The normalized spacial score (nSPS) is 10.9. The number of ether oxygens (including phenoxy) is 1. The van der Waals surface area contributed by atoms with Gasteiger partial charge in [0.2, 0.25) is 0 Å². The molecular weight excluding hydrogens is 276 g/mol. The molecule has 0 amide bonds. The summed E-state index contributed by atoms with van der Waals surface area (Å²) in [5.41, 5.74) is 4.50. The van der Waals surface area contributed by atoms with Gasteiger partial charge in [-0.25, -0.2) is 4.98 Å². The van der Waals surface area contributed by atoms with E-state index in [9.17, 15) is 4.79 Å². The Morgan fingerprint density at radius 1 is 1.00 bits per heavy atom. The van der Waals surface area contributed by atoms with E-state index >= 15 is 0 Å². The summed E-state index contributed by atoms with van der Waals surface area (Å²) in [5, 5.41) is 0. The molecular formula is C18H18N2O2. The maximum absolute atomic E-state index is 12.1. The van der Waals surface area contributed by atoms with Gasteiger partial charge in [-0.15, -0.1) is 0 Å². The van der Waals surface area contributed by atoms with Crippen molar-refractivity contribution in [2.75, 3.05) is 0 Å². The topological polar surface area (TPSA) is 43.6 Å². The molecule has 0 aliphatic heterocycles. The van der Waals surface area contributed by atoms with Crippen molar-refractivity contribution in [3.05, 3.63) is 75.3 Å². The van der Waals surface area contributed by atoms with E-state index in [0.29, 0.717) is 11.3 Å². The van der Waals surface area contributed by atoms with Crippen LogP contribution in [0.2, 0.25) is 0 Å². The van der Waals surface area contributed by atoms with Gasteiger partial charge in [0.1, 0.15) is 18.0 Å². The predicted octanol–water partition coefficient (Wildman–Crippen LogP) is 3.20. The first-order valence-electron chi connectivity index (χ1n) is 7.21. The molecule has 22 heavy (non-hydrogen) atoms. The summed E-state index contributed by atoms with van der Waals surface area (Å²) in [6.07, 6.45) is 1.79. The standard InChI is InChI=1S/C18H18N2O2/c1-12-4-5-17-19-15(9-18(21)20(17)10-12)11-22-16-7-13(2)6-14(3)8-16/h4-10H,11H2,1-3H3. The number of aryl methyl sites for hydroxylation is 3. The van der Waals surface area contributed by atoms with Crippen molar-refractivity contribution in [3.63, 3.8) is 0 Å². The molecule has 0 fully saturated rings. The van der Waals surface area contributed by atoms with E-state index in [1.807, 2.05) is 45.0 Å². The van der Waals surface area contributed by atoms with Gasteiger partial charge in [-0.05, 0) is 55.7 Å². The second-order valence-corrected chi connectivity index (χ2v) is 5.63. The lowest BCUT2D eigenvalue weighted by Crippen LogP contribution is -2.16. The molecule has 0 radical (unpaired) electrons. The molecule has 0 aliphatic carbocycles. The fraction of sp³-hybridized carbons (Fsp3) is 0.222. The van der Waals surface area contributed by atoms with Gasteiger partial charge in [-0.1, -0.05) is 12.1 Å². The first-order valence-corrected chi connectivity index (χ1v) is 7.21. The van der Waals surface area contributed by atoms with E-state index in [2.05, 4.69) is 11.1 Å². The zero-order valence-electron chi connectivity index (χ0n) is 13.0. The lowest BCUT2D eigenvalue weighted by molar-refractivity contribution is 0.301. The van der Waals surface area contributed by atoms with Gasteiger partial charge in [0.15, 0.2) is 0 Å². The second kappa shape index (κ2) is 5.64. The molecule has 0 bridgehead atoms. The molecule has 2 heterocycles. The van der Waals surface area contributed by atoms with Crippen molar-refractivity contribution in [1.82, 2.24) is 9.38 Å². The highest BCUT2D eigenvalue weighted by molar-refractivity contribution is 5.40. The Morgan fingerprint density at radius 3 is 2.45 bits per heavy atom. The van der Waals surface area contributed by atoms with E-state index in [1.54, 1.807) is 10.6 Å². The molecule has 0 saturated heterocycles. The van der Waals surface area contributed by atoms with Crippen LogP contribution in [0.4, 0.5) is 0 Å². The van der Waals surface area contributed by atoms with Gasteiger partial charge < -0.3 is 4.74 Å². The maximum atomic E-state index is 12.1. The molecule has 0 unspecified atom stereocenters. The second-order valence-electron chi connectivity index (χ2n) is 5.63. The highest BCUT2D eigenvalue weighted by Gasteiger charge is 2.04. The lowest BCUT2D eigenvalue weighted by atomic mass is 10.1. The van der Waals surface area contributed by atoms with Crippen molar-refractivity contribution in [2.24, 2.45) is 0 Å². The zero-order valence-corrected chi connectivity index (χ0v) is 13.0. The molecule has 4 nitrogen and oxygen atoms in total. The third-order valence-electron chi connectivity index (χ3n) is 3.44. The van der Waals surface area contributed by atoms with E-state index in [-0.39, 0.29) is 12.2 Å². The van der Waals surface area contributed by atoms with E-state index in [0.717, 1.165) is 22.4 Å². The highest BCUT2D eigenvalue weighted by atomic mass is 16.5. The van der Waals surface area contributed by atoms with Crippen LogP contribution >= 0.6 is 0 Å². The van der Waals surface area contributed by atoms with E-state index < -0.39 is 0 Å².